The van der Waals surface area contributed by atoms with Gasteiger partial charge in [-0.15, -0.1) is 0 Å². The summed E-state index contributed by atoms with van der Waals surface area (Å²) in [5, 5.41) is 10.2. The fraction of sp³-hybridized carbons (Fsp3) is 0.278. The third-order valence-corrected chi connectivity index (χ3v) is 4.84. The largest absolute Gasteiger partial charge is 0.496 e. The van der Waals surface area contributed by atoms with E-state index in [0.717, 1.165) is 11.3 Å². The van der Waals surface area contributed by atoms with Gasteiger partial charge < -0.3 is 19.5 Å². The second kappa shape index (κ2) is 6.48. The van der Waals surface area contributed by atoms with E-state index in [2.05, 4.69) is 25.5 Å². The molecule has 2 aromatic heterocycles. The fourth-order valence-corrected chi connectivity index (χ4v) is 3.61. The highest BCUT2D eigenvalue weighted by Crippen LogP contribution is 2.48. The van der Waals surface area contributed by atoms with Crippen molar-refractivity contribution in [2.24, 2.45) is 0 Å². The van der Waals surface area contributed by atoms with Crippen LogP contribution in [0.25, 0.3) is 0 Å². The minimum Gasteiger partial charge on any atom is -0.496 e. The number of aromatic amines is 3. The van der Waals surface area contributed by atoms with E-state index in [9.17, 15) is 9.59 Å². The molecule has 0 radical (unpaired) electrons. The molecule has 4 N–H and O–H groups in total. The van der Waals surface area contributed by atoms with Crippen molar-refractivity contribution in [3.8, 4) is 17.2 Å². The Balaban J connectivity index is 2.07. The Labute approximate surface area is 158 Å². The van der Waals surface area contributed by atoms with Crippen LogP contribution < -0.4 is 30.8 Å². The number of methoxy groups -OCH3 is 3. The Morgan fingerprint density at radius 2 is 1.61 bits per heavy atom. The number of hydrogen-bond donors (Lipinski definition) is 4. The summed E-state index contributed by atoms with van der Waals surface area (Å²) in [6.07, 6.45) is 0. The number of nitrogens with one attached hydrogen (secondary N) is 4. The standard InChI is InChI=1S/C18H19N5O5/c1-7-12-13(8-5-10(27-3)11(28-4)6-9(8)26-2)14-15(19-16(12)23-22-7)20-18(25)21-17(14)24/h5-6,13H,1-4H3,(H4,19,20,21,22,23,24,25)/t13-/m0/s1. The van der Waals surface area contributed by atoms with Crippen LogP contribution in [-0.2, 0) is 0 Å². The van der Waals surface area contributed by atoms with E-state index in [-0.39, 0.29) is 5.82 Å². The number of nitrogens with zero attached hydrogens (tertiary/aromatic N) is 1. The average molecular weight is 385 g/mol. The van der Waals surface area contributed by atoms with Gasteiger partial charge in [0.25, 0.3) is 5.56 Å². The third kappa shape index (κ3) is 2.53. The number of rotatable bonds is 4. The van der Waals surface area contributed by atoms with Crippen molar-refractivity contribution in [1.82, 2.24) is 20.2 Å². The van der Waals surface area contributed by atoms with Gasteiger partial charge in [0.15, 0.2) is 17.3 Å². The minimum absolute atomic E-state index is 0.287. The first-order valence-electron chi connectivity index (χ1n) is 8.46. The monoisotopic (exact) mass is 385 g/mol. The highest BCUT2D eigenvalue weighted by Gasteiger charge is 2.36. The topological polar surface area (TPSA) is 134 Å². The van der Waals surface area contributed by atoms with Gasteiger partial charge in [-0.3, -0.25) is 19.9 Å². The van der Waals surface area contributed by atoms with Gasteiger partial charge in [0.1, 0.15) is 11.6 Å². The lowest BCUT2D eigenvalue weighted by molar-refractivity contribution is 0.347. The molecular formula is C18H19N5O5. The SMILES string of the molecule is COc1cc(OC)c([C@H]2c3c(n[nH]c3C)Nc3[nH]c(=O)[nH]c(=O)c32)cc1OC. The molecule has 1 aromatic carbocycles. The Hall–Kier alpha value is -3.69. The zero-order valence-corrected chi connectivity index (χ0v) is 15.7. The number of ether oxygens (including phenoxy) is 3. The third-order valence-electron chi connectivity index (χ3n) is 4.84. The molecular weight excluding hydrogens is 366 g/mol. The van der Waals surface area contributed by atoms with Crippen molar-refractivity contribution >= 4 is 11.6 Å². The Morgan fingerprint density at radius 1 is 0.929 bits per heavy atom. The molecule has 3 heterocycles. The summed E-state index contributed by atoms with van der Waals surface area (Å²) < 4.78 is 16.4. The first-order valence-corrected chi connectivity index (χ1v) is 8.46. The van der Waals surface area contributed by atoms with E-state index in [1.165, 1.54) is 21.3 Å². The van der Waals surface area contributed by atoms with Crippen LogP contribution in [0.2, 0.25) is 0 Å². The summed E-state index contributed by atoms with van der Waals surface area (Å²) in [5.74, 6) is 1.74. The zero-order chi connectivity index (χ0) is 20.0. The molecule has 0 aliphatic carbocycles. The molecule has 146 valence electrons. The number of fused-ring (bicyclic) bond motifs is 2. The minimum atomic E-state index is -0.606. The van der Waals surface area contributed by atoms with E-state index in [1.54, 1.807) is 12.1 Å². The molecule has 1 atom stereocenters. The molecule has 0 fully saturated rings. The first kappa shape index (κ1) is 17.7. The smallest absolute Gasteiger partial charge is 0.327 e. The van der Waals surface area contributed by atoms with Crippen molar-refractivity contribution < 1.29 is 14.2 Å². The molecule has 0 saturated carbocycles. The summed E-state index contributed by atoms with van der Waals surface area (Å²) in [5.41, 5.74) is 1.47. The molecule has 10 heteroatoms. The van der Waals surface area contributed by atoms with Crippen LogP contribution in [0.4, 0.5) is 11.6 Å². The van der Waals surface area contributed by atoms with Crippen molar-refractivity contribution in [2.45, 2.75) is 12.8 Å². The zero-order valence-electron chi connectivity index (χ0n) is 15.7. The Bertz CT molecular complexity index is 1180. The molecule has 0 amide bonds. The molecule has 3 aromatic rings. The van der Waals surface area contributed by atoms with Crippen molar-refractivity contribution in [3.05, 3.63) is 55.4 Å². The Kier molecular flexibility index (Phi) is 4.10. The van der Waals surface area contributed by atoms with Gasteiger partial charge in [0.2, 0.25) is 0 Å². The van der Waals surface area contributed by atoms with E-state index >= 15 is 0 Å². The van der Waals surface area contributed by atoms with Crippen LogP contribution >= 0.6 is 0 Å². The summed E-state index contributed by atoms with van der Waals surface area (Å²) in [6.45, 7) is 1.86. The maximum Gasteiger partial charge on any atom is 0.327 e. The quantitative estimate of drug-likeness (QED) is 0.417. The van der Waals surface area contributed by atoms with Crippen molar-refractivity contribution in [3.63, 3.8) is 0 Å². The summed E-state index contributed by atoms with van der Waals surface area (Å²) in [4.78, 5) is 29.5. The van der Waals surface area contributed by atoms with Crippen molar-refractivity contribution in [1.29, 1.82) is 0 Å². The maximum absolute atomic E-state index is 12.7. The van der Waals surface area contributed by atoms with Crippen LogP contribution in [-0.4, -0.2) is 41.5 Å². The number of aromatic nitrogens is 4. The van der Waals surface area contributed by atoms with E-state index < -0.39 is 17.2 Å². The van der Waals surface area contributed by atoms with Gasteiger partial charge in [0, 0.05) is 22.9 Å². The summed E-state index contributed by atoms with van der Waals surface area (Å²) >= 11 is 0. The fourth-order valence-electron chi connectivity index (χ4n) is 3.61. The number of aryl methyl sites for hydroxylation is 1. The van der Waals surface area contributed by atoms with Gasteiger partial charge in [-0.2, -0.15) is 5.10 Å². The molecule has 0 saturated heterocycles. The number of H-pyrrole nitrogens is 3. The van der Waals surface area contributed by atoms with Crippen LogP contribution in [0, 0.1) is 6.92 Å². The van der Waals surface area contributed by atoms with E-state index in [1.807, 2.05) is 6.92 Å². The van der Waals surface area contributed by atoms with Gasteiger partial charge in [-0.05, 0) is 13.0 Å². The highest BCUT2D eigenvalue weighted by atomic mass is 16.5. The molecule has 4 rings (SSSR count). The van der Waals surface area contributed by atoms with Crippen molar-refractivity contribution in [2.75, 3.05) is 26.6 Å². The molecule has 28 heavy (non-hydrogen) atoms. The molecule has 1 aliphatic heterocycles. The normalized spacial score (nSPS) is 14.6. The van der Waals surface area contributed by atoms with Crippen LogP contribution in [0.5, 0.6) is 17.2 Å². The lowest BCUT2D eigenvalue weighted by Crippen LogP contribution is -2.32. The second-order valence-corrected chi connectivity index (χ2v) is 6.31. The molecule has 0 unspecified atom stereocenters. The molecule has 10 nitrogen and oxygen atoms in total. The van der Waals surface area contributed by atoms with E-state index in [0.29, 0.717) is 34.2 Å². The summed E-state index contributed by atoms with van der Waals surface area (Å²) in [6, 6.07) is 3.46. The highest BCUT2D eigenvalue weighted by molar-refractivity contribution is 5.72. The summed E-state index contributed by atoms with van der Waals surface area (Å²) in [7, 11) is 4.60. The average Bonchev–Trinajstić information content (AvgIpc) is 3.05. The number of benzene rings is 1. The van der Waals surface area contributed by atoms with Gasteiger partial charge in [0.05, 0.1) is 32.8 Å². The van der Waals surface area contributed by atoms with Gasteiger partial charge >= 0.3 is 5.69 Å². The lowest BCUT2D eigenvalue weighted by atomic mass is 9.83. The number of hydrogen-bond acceptors (Lipinski definition) is 7. The van der Waals surface area contributed by atoms with Crippen LogP contribution in [0.15, 0.2) is 21.7 Å². The van der Waals surface area contributed by atoms with Gasteiger partial charge in [-0.1, -0.05) is 0 Å². The van der Waals surface area contributed by atoms with Crippen LogP contribution in [0.3, 0.4) is 0 Å². The van der Waals surface area contributed by atoms with Crippen LogP contribution in [0.1, 0.15) is 28.3 Å². The predicted molar refractivity (Wildman–Crippen MR) is 101 cm³/mol. The molecule has 0 spiro atoms. The maximum atomic E-state index is 12.7. The first-order chi connectivity index (χ1) is 13.5. The second-order valence-electron chi connectivity index (χ2n) is 6.31. The van der Waals surface area contributed by atoms with E-state index in [4.69, 9.17) is 14.2 Å². The van der Waals surface area contributed by atoms with Gasteiger partial charge in [-0.25, -0.2) is 4.79 Å². The molecule has 0 bridgehead atoms. The molecule has 1 aliphatic rings. The number of anilines is 2. The Morgan fingerprint density at radius 3 is 2.29 bits per heavy atom. The predicted octanol–water partition coefficient (Wildman–Crippen LogP) is 1.36. The lowest BCUT2D eigenvalue weighted by Gasteiger charge is -2.27.